The maximum absolute atomic E-state index is 13.2. The number of nitrogens with zero attached hydrogens (tertiary/aromatic N) is 2. The molecule has 1 heterocycles. The molecule has 0 atom stereocenters. The molecule has 0 aliphatic rings. The number of rotatable bonds is 10. The predicted molar refractivity (Wildman–Crippen MR) is 154 cm³/mol. The number of carbonyl (C=O) groups is 3. The van der Waals surface area contributed by atoms with Gasteiger partial charge in [0.15, 0.2) is 0 Å². The molecule has 3 aromatic carbocycles. The van der Waals surface area contributed by atoms with E-state index in [1.165, 1.54) is 42.1 Å². The molecule has 3 N–H and O–H groups in total. The summed E-state index contributed by atoms with van der Waals surface area (Å²) in [6, 6.07) is 24.5. The summed E-state index contributed by atoms with van der Waals surface area (Å²) in [7, 11) is 0. The number of amides is 3. The van der Waals surface area contributed by atoms with Crippen molar-refractivity contribution >= 4 is 52.6 Å². The van der Waals surface area contributed by atoms with Gasteiger partial charge < -0.3 is 16.0 Å². The van der Waals surface area contributed by atoms with Crippen LogP contribution in [0.15, 0.2) is 114 Å². The van der Waals surface area contributed by atoms with E-state index in [1.807, 2.05) is 0 Å². The number of anilines is 2. The van der Waals surface area contributed by atoms with Crippen molar-refractivity contribution in [3.8, 4) is 0 Å². The largest absolute Gasteiger partial charge is 0.325 e. The van der Waals surface area contributed by atoms with Gasteiger partial charge in [-0.2, -0.15) is 0 Å². The van der Waals surface area contributed by atoms with Gasteiger partial charge in [-0.05, 0) is 60.2 Å². The molecule has 0 saturated heterocycles. The van der Waals surface area contributed by atoms with Crippen molar-refractivity contribution < 1.29 is 19.3 Å². The Morgan fingerprint density at radius 1 is 0.875 bits per heavy atom. The third-order valence-corrected chi connectivity index (χ3v) is 6.34. The molecule has 10 nitrogen and oxygen atoms in total. The molecule has 3 amide bonds. The fraction of sp³-hybridized carbons (Fsp3) is 0.0345. The van der Waals surface area contributed by atoms with Crippen LogP contribution in [0.5, 0.6) is 0 Å². The summed E-state index contributed by atoms with van der Waals surface area (Å²) in [5.41, 5.74) is 1.91. The number of nitrogens with one attached hydrogen (secondary N) is 3. The molecular formula is C29H23N5O5S. The molecule has 0 saturated carbocycles. The van der Waals surface area contributed by atoms with Gasteiger partial charge in [-0.1, -0.05) is 30.3 Å². The molecule has 0 radical (unpaired) electrons. The van der Waals surface area contributed by atoms with Crippen molar-refractivity contribution in [3.05, 3.63) is 130 Å². The Bertz CT molecular complexity index is 1540. The Balaban J connectivity index is 1.41. The Morgan fingerprint density at radius 3 is 2.35 bits per heavy atom. The van der Waals surface area contributed by atoms with Crippen LogP contribution < -0.4 is 16.0 Å². The lowest BCUT2D eigenvalue weighted by molar-refractivity contribution is -0.384. The van der Waals surface area contributed by atoms with E-state index in [0.717, 1.165) is 4.90 Å². The minimum atomic E-state index is -0.536. The lowest BCUT2D eigenvalue weighted by Crippen LogP contribution is -2.30. The maximum Gasteiger partial charge on any atom is 0.272 e. The minimum absolute atomic E-state index is 0.0300. The summed E-state index contributed by atoms with van der Waals surface area (Å²) in [6.07, 6.45) is 4.71. The first-order valence-corrected chi connectivity index (χ1v) is 12.9. The monoisotopic (exact) mass is 553 g/mol. The van der Waals surface area contributed by atoms with E-state index in [0.29, 0.717) is 22.5 Å². The summed E-state index contributed by atoms with van der Waals surface area (Å²) in [6.45, 7) is 0. The highest BCUT2D eigenvalue weighted by Crippen LogP contribution is 2.23. The average Bonchev–Trinajstić information content (AvgIpc) is 2.97. The van der Waals surface area contributed by atoms with E-state index < -0.39 is 16.7 Å². The van der Waals surface area contributed by atoms with E-state index in [1.54, 1.807) is 79.1 Å². The first-order chi connectivity index (χ1) is 19.4. The average molecular weight is 554 g/mol. The van der Waals surface area contributed by atoms with Crippen LogP contribution in [-0.2, 0) is 9.59 Å². The van der Waals surface area contributed by atoms with E-state index >= 15 is 0 Å². The number of hydrogen-bond donors (Lipinski definition) is 3. The molecule has 40 heavy (non-hydrogen) atoms. The second-order valence-electron chi connectivity index (χ2n) is 8.29. The van der Waals surface area contributed by atoms with Crippen LogP contribution in [0.4, 0.5) is 17.1 Å². The lowest BCUT2D eigenvalue weighted by Gasteiger charge is -2.12. The van der Waals surface area contributed by atoms with Crippen LogP contribution in [0.1, 0.15) is 15.9 Å². The summed E-state index contributed by atoms with van der Waals surface area (Å²) < 4.78 is 0. The van der Waals surface area contributed by atoms with Gasteiger partial charge in [-0.3, -0.25) is 29.5 Å². The lowest BCUT2D eigenvalue weighted by atomic mass is 10.2. The third kappa shape index (κ3) is 8.10. The third-order valence-electron chi connectivity index (χ3n) is 5.35. The van der Waals surface area contributed by atoms with Gasteiger partial charge in [0.2, 0.25) is 5.91 Å². The molecule has 0 spiro atoms. The quantitative estimate of drug-likeness (QED) is 0.107. The summed E-state index contributed by atoms with van der Waals surface area (Å²) >= 11 is 1.25. The zero-order valence-electron chi connectivity index (χ0n) is 20.9. The van der Waals surface area contributed by atoms with Crippen molar-refractivity contribution in [1.29, 1.82) is 0 Å². The highest BCUT2D eigenvalue weighted by Gasteiger charge is 2.15. The van der Waals surface area contributed by atoms with Crippen LogP contribution in [0.25, 0.3) is 6.08 Å². The first-order valence-electron chi connectivity index (χ1n) is 11.9. The molecule has 0 fully saturated rings. The van der Waals surface area contributed by atoms with Crippen LogP contribution in [0.3, 0.4) is 0 Å². The van der Waals surface area contributed by atoms with Gasteiger partial charge in [0.1, 0.15) is 5.70 Å². The molecule has 0 aliphatic heterocycles. The van der Waals surface area contributed by atoms with E-state index in [9.17, 15) is 24.5 Å². The highest BCUT2D eigenvalue weighted by atomic mass is 32.2. The molecular weight excluding hydrogens is 530 g/mol. The summed E-state index contributed by atoms with van der Waals surface area (Å²) in [4.78, 5) is 53.4. The van der Waals surface area contributed by atoms with Crippen molar-refractivity contribution in [2.45, 2.75) is 4.90 Å². The zero-order chi connectivity index (χ0) is 28.3. The molecule has 11 heteroatoms. The van der Waals surface area contributed by atoms with Crippen molar-refractivity contribution in [2.75, 3.05) is 16.4 Å². The number of nitro benzene ring substituents is 1. The van der Waals surface area contributed by atoms with Crippen molar-refractivity contribution in [3.63, 3.8) is 0 Å². The number of hydrogen-bond acceptors (Lipinski definition) is 7. The predicted octanol–water partition coefficient (Wildman–Crippen LogP) is 5.13. The molecule has 4 aromatic rings. The minimum Gasteiger partial charge on any atom is -0.325 e. The van der Waals surface area contributed by atoms with E-state index in [2.05, 4.69) is 20.9 Å². The fourth-order valence-corrected chi connectivity index (χ4v) is 4.20. The SMILES string of the molecule is O=C(CSc1cccc(NC(=O)/C(=C/c2cccnc2)NC(=O)c2ccccc2)c1)Nc1ccc([N+](=O)[O-])cc1. The zero-order valence-corrected chi connectivity index (χ0v) is 21.8. The van der Waals surface area contributed by atoms with Gasteiger partial charge in [-0.15, -0.1) is 11.8 Å². The Morgan fingerprint density at radius 2 is 1.65 bits per heavy atom. The number of thioether (sulfide) groups is 1. The van der Waals surface area contributed by atoms with E-state index in [-0.39, 0.29) is 23.0 Å². The number of carbonyl (C=O) groups excluding carboxylic acids is 3. The number of pyridine rings is 1. The van der Waals surface area contributed by atoms with Crippen LogP contribution in [-0.4, -0.2) is 33.4 Å². The second-order valence-corrected chi connectivity index (χ2v) is 9.34. The molecule has 0 bridgehead atoms. The van der Waals surface area contributed by atoms with Gasteiger partial charge >= 0.3 is 0 Å². The number of benzene rings is 3. The Kier molecular flexibility index (Phi) is 9.35. The van der Waals surface area contributed by atoms with Gasteiger partial charge in [0.25, 0.3) is 17.5 Å². The molecule has 1 aromatic heterocycles. The van der Waals surface area contributed by atoms with Gasteiger partial charge in [0.05, 0.1) is 10.7 Å². The van der Waals surface area contributed by atoms with Crippen LogP contribution >= 0.6 is 11.8 Å². The molecule has 200 valence electrons. The van der Waals surface area contributed by atoms with Gasteiger partial charge in [0, 0.05) is 46.4 Å². The molecule has 0 unspecified atom stereocenters. The summed E-state index contributed by atoms with van der Waals surface area (Å²) in [5.74, 6) is -1.19. The summed E-state index contributed by atoms with van der Waals surface area (Å²) in [5, 5.41) is 18.9. The molecule has 4 rings (SSSR count). The highest BCUT2D eigenvalue weighted by molar-refractivity contribution is 8.00. The maximum atomic E-state index is 13.2. The fourth-order valence-electron chi connectivity index (χ4n) is 3.44. The topological polar surface area (TPSA) is 143 Å². The molecule has 0 aliphatic carbocycles. The number of non-ortho nitro benzene ring substituents is 1. The number of nitro groups is 1. The smallest absolute Gasteiger partial charge is 0.272 e. The van der Waals surface area contributed by atoms with Gasteiger partial charge in [-0.25, -0.2) is 0 Å². The first kappa shape index (κ1) is 27.7. The van der Waals surface area contributed by atoms with E-state index in [4.69, 9.17) is 0 Å². The Labute approximate surface area is 233 Å². The number of aromatic nitrogens is 1. The second kappa shape index (κ2) is 13.5. The normalized spacial score (nSPS) is 10.8. The van der Waals surface area contributed by atoms with Crippen LogP contribution in [0, 0.1) is 10.1 Å². The van der Waals surface area contributed by atoms with Crippen LogP contribution in [0.2, 0.25) is 0 Å². The standard InChI is InChI=1S/C29H23N5O5S/c35-27(31-22-11-13-24(14-12-22)34(38)39)19-40-25-10-4-9-23(17-25)32-29(37)26(16-20-6-5-15-30-18-20)33-28(36)21-7-2-1-3-8-21/h1-18H,19H2,(H,31,35)(H,32,37)(H,33,36)/b26-16-. The van der Waals surface area contributed by atoms with Crippen molar-refractivity contribution in [1.82, 2.24) is 10.3 Å². The Hall–Kier alpha value is -5.29. The van der Waals surface area contributed by atoms with Crippen molar-refractivity contribution in [2.24, 2.45) is 0 Å².